The summed E-state index contributed by atoms with van der Waals surface area (Å²) in [6, 6.07) is 9.41. The number of amidine groups is 1. The van der Waals surface area contributed by atoms with E-state index in [0.29, 0.717) is 18.0 Å². The SMILES string of the molecule is CCC(=O)N1N=C(NC(=O)C(C)(C)C)SC1(CCCS(C)(=O)=O)c1ccccc1. The fraction of sp³-hybridized carbons (Fsp3) is 0.550. The minimum absolute atomic E-state index is 0.0139. The molecule has 0 aliphatic carbocycles. The summed E-state index contributed by atoms with van der Waals surface area (Å²) < 4.78 is 23.3. The first-order valence-electron chi connectivity index (χ1n) is 9.54. The number of amides is 2. The molecule has 1 aliphatic heterocycles. The van der Waals surface area contributed by atoms with Crippen LogP contribution in [0.5, 0.6) is 0 Å². The Bertz CT molecular complexity index is 892. The van der Waals surface area contributed by atoms with E-state index in [0.717, 1.165) is 5.56 Å². The molecular weight excluding hydrogens is 410 g/mol. The van der Waals surface area contributed by atoms with E-state index < -0.39 is 20.1 Å². The fourth-order valence-electron chi connectivity index (χ4n) is 2.89. The zero-order chi connectivity index (χ0) is 21.9. The van der Waals surface area contributed by atoms with Crippen LogP contribution in [0.4, 0.5) is 0 Å². The highest BCUT2D eigenvalue weighted by Gasteiger charge is 2.48. The number of sulfone groups is 1. The number of thioether (sulfide) groups is 1. The van der Waals surface area contributed by atoms with E-state index >= 15 is 0 Å². The van der Waals surface area contributed by atoms with E-state index in [9.17, 15) is 18.0 Å². The van der Waals surface area contributed by atoms with E-state index in [1.54, 1.807) is 27.7 Å². The largest absolute Gasteiger partial charge is 0.303 e. The van der Waals surface area contributed by atoms with Gasteiger partial charge in [-0.05, 0) is 18.4 Å². The van der Waals surface area contributed by atoms with Crippen molar-refractivity contribution in [1.29, 1.82) is 0 Å². The van der Waals surface area contributed by atoms with Crippen LogP contribution in [0.15, 0.2) is 35.4 Å². The number of nitrogens with one attached hydrogen (secondary N) is 1. The van der Waals surface area contributed by atoms with Crippen LogP contribution in [0.1, 0.15) is 52.5 Å². The molecule has 1 heterocycles. The Morgan fingerprint density at radius 2 is 1.83 bits per heavy atom. The second kappa shape index (κ2) is 8.87. The summed E-state index contributed by atoms with van der Waals surface area (Å²) in [5.41, 5.74) is 0.223. The smallest absolute Gasteiger partial charge is 0.244 e. The average molecular weight is 440 g/mol. The highest BCUT2D eigenvalue weighted by Crippen LogP contribution is 2.49. The maximum atomic E-state index is 12.8. The van der Waals surface area contributed by atoms with Gasteiger partial charge in [0.05, 0.1) is 5.75 Å². The molecule has 1 aromatic rings. The number of rotatable bonds is 6. The van der Waals surface area contributed by atoms with Gasteiger partial charge in [0.2, 0.25) is 11.8 Å². The van der Waals surface area contributed by atoms with Crippen molar-refractivity contribution in [2.24, 2.45) is 10.5 Å². The minimum Gasteiger partial charge on any atom is -0.303 e. The molecule has 0 saturated carbocycles. The number of benzene rings is 1. The molecule has 0 bridgehead atoms. The van der Waals surface area contributed by atoms with Crippen LogP contribution in [-0.2, 0) is 24.3 Å². The summed E-state index contributed by atoms with van der Waals surface area (Å²) in [5, 5.41) is 9.01. The lowest BCUT2D eigenvalue weighted by Crippen LogP contribution is -2.41. The second-order valence-corrected chi connectivity index (χ2v) is 11.7. The molecule has 1 N–H and O–H groups in total. The van der Waals surface area contributed by atoms with Gasteiger partial charge >= 0.3 is 0 Å². The van der Waals surface area contributed by atoms with Crippen molar-refractivity contribution in [3.05, 3.63) is 35.9 Å². The molecule has 0 aromatic heterocycles. The van der Waals surface area contributed by atoms with E-state index in [2.05, 4.69) is 10.4 Å². The van der Waals surface area contributed by atoms with Crippen molar-refractivity contribution in [2.75, 3.05) is 12.0 Å². The maximum Gasteiger partial charge on any atom is 0.244 e. The van der Waals surface area contributed by atoms with Gasteiger partial charge < -0.3 is 5.32 Å². The molecule has 9 heteroatoms. The number of nitrogens with zero attached hydrogens (tertiary/aromatic N) is 2. The molecule has 1 unspecified atom stereocenters. The van der Waals surface area contributed by atoms with E-state index in [-0.39, 0.29) is 24.0 Å². The first-order chi connectivity index (χ1) is 13.4. The van der Waals surface area contributed by atoms with Gasteiger partial charge in [0.25, 0.3) is 0 Å². The quantitative estimate of drug-likeness (QED) is 0.735. The van der Waals surface area contributed by atoms with Gasteiger partial charge in [-0.3, -0.25) is 9.59 Å². The third-order valence-corrected chi connectivity index (χ3v) is 6.85. The molecule has 160 valence electrons. The van der Waals surface area contributed by atoms with Crippen molar-refractivity contribution < 1.29 is 18.0 Å². The predicted molar refractivity (Wildman–Crippen MR) is 117 cm³/mol. The monoisotopic (exact) mass is 439 g/mol. The number of carbonyl (C=O) groups is 2. The van der Waals surface area contributed by atoms with Crippen LogP contribution in [0.2, 0.25) is 0 Å². The van der Waals surface area contributed by atoms with Gasteiger partial charge in [-0.15, -0.1) is 5.10 Å². The molecule has 0 saturated heterocycles. The first-order valence-corrected chi connectivity index (χ1v) is 12.4. The highest BCUT2D eigenvalue weighted by atomic mass is 32.2. The molecule has 7 nitrogen and oxygen atoms in total. The molecular formula is C20H29N3O4S2. The standard InChI is InChI=1S/C20H29N3O4S2/c1-6-16(24)23-20(13-10-14-29(5,26)27,15-11-8-7-9-12-15)28-18(22-23)21-17(25)19(2,3)4/h7-9,11-12H,6,10,13-14H2,1-5H3,(H,21,22,25). The van der Waals surface area contributed by atoms with Crippen LogP contribution in [0, 0.1) is 5.41 Å². The predicted octanol–water partition coefficient (Wildman–Crippen LogP) is 3.08. The van der Waals surface area contributed by atoms with Gasteiger partial charge in [-0.2, -0.15) is 0 Å². The summed E-state index contributed by atoms with van der Waals surface area (Å²) in [6.45, 7) is 7.15. The van der Waals surface area contributed by atoms with Gasteiger partial charge in [-0.25, -0.2) is 13.4 Å². The molecule has 0 fully saturated rings. The molecule has 0 radical (unpaired) electrons. The third-order valence-electron chi connectivity index (χ3n) is 4.49. The minimum atomic E-state index is -3.14. The third kappa shape index (κ3) is 5.82. The summed E-state index contributed by atoms with van der Waals surface area (Å²) >= 11 is 1.29. The zero-order valence-corrected chi connectivity index (χ0v) is 19.2. The normalized spacial score (nSPS) is 19.8. The molecule has 2 rings (SSSR count). The highest BCUT2D eigenvalue weighted by molar-refractivity contribution is 8.14. The van der Waals surface area contributed by atoms with Gasteiger partial charge in [0, 0.05) is 18.1 Å². The lowest BCUT2D eigenvalue weighted by molar-refractivity contribution is -0.134. The average Bonchev–Trinajstić information content (AvgIpc) is 2.99. The van der Waals surface area contributed by atoms with E-state index in [1.807, 2.05) is 30.3 Å². The Kier molecular flexibility index (Phi) is 7.16. The van der Waals surface area contributed by atoms with Crippen LogP contribution >= 0.6 is 11.8 Å². The van der Waals surface area contributed by atoms with Crippen molar-refractivity contribution in [2.45, 2.75) is 51.8 Å². The lowest BCUT2D eigenvalue weighted by Gasteiger charge is -2.35. The van der Waals surface area contributed by atoms with Gasteiger partial charge in [0.15, 0.2) is 5.17 Å². The summed E-state index contributed by atoms with van der Waals surface area (Å²) in [5.74, 6) is -0.381. The lowest BCUT2D eigenvalue weighted by atomic mass is 9.96. The molecule has 1 aromatic carbocycles. The van der Waals surface area contributed by atoms with Crippen LogP contribution in [0.25, 0.3) is 0 Å². The molecule has 1 atom stereocenters. The van der Waals surface area contributed by atoms with Crippen LogP contribution < -0.4 is 5.32 Å². The van der Waals surface area contributed by atoms with Crippen LogP contribution in [-0.4, -0.2) is 42.4 Å². The Balaban J connectivity index is 2.43. The maximum absolute atomic E-state index is 12.8. The number of hydrazone groups is 1. The van der Waals surface area contributed by atoms with Crippen molar-refractivity contribution in [3.63, 3.8) is 0 Å². The van der Waals surface area contributed by atoms with Crippen LogP contribution in [0.3, 0.4) is 0 Å². The molecule has 2 amide bonds. The molecule has 29 heavy (non-hydrogen) atoms. The topological polar surface area (TPSA) is 95.9 Å². The van der Waals surface area contributed by atoms with E-state index in [4.69, 9.17) is 0 Å². The number of hydrogen-bond acceptors (Lipinski definition) is 6. The van der Waals surface area contributed by atoms with Crippen molar-refractivity contribution >= 4 is 38.6 Å². The van der Waals surface area contributed by atoms with Gasteiger partial charge in [0.1, 0.15) is 14.7 Å². The van der Waals surface area contributed by atoms with Crippen molar-refractivity contribution in [1.82, 2.24) is 10.3 Å². The summed E-state index contributed by atoms with van der Waals surface area (Å²) in [6.07, 6.45) is 2.19. The Morgan fingerprint density at radius 3 is 2.34 bits per heavy atom. The molecule has 0 spiro atoms. The summed E-state index contributed by atoms with van der Waals surface area (Å²) in [7, 11) is -3.14. The summed E-state index contributed by atoms with van der Waals surface area (Å²) in [4.78, 5) is 24.3. The van der Waals surface area contributed by atoms with Crippen molar-refractivity contribution in [3.8, 4) is 0 Å². The fourth-order valence-corrected chi connectivity index (χ4v) is 4.88. The molecule has 1 aliphatic rings. The van der Waals surface area contributed by atoms with Gasteiger partial charge in [-0.1, -0.05) is 69.8 Å². The second-order valence-electron chi connectivity index (χ2n) is 8.15. The van der Waals surface area contributed by atoms with E-state index in [1.165, 1.54) is 23.0 Å². The Labute approximate surface area is 177 Å². The Hall–Kier alpha value is -1.87. The number of carbonyl (C=O) groups excluding carboxylic acids is 2. The number of hydrogen-bond donors (Lipinski definition) is 1. The zero-order valence-electron chi connectivity index (χ0n) is 17.6. The first kappa shape index (κ1) is 23.4. The Morgan fingerprint density at radius 1 is 1.21 bits per heavy atom.